The summed E-state index contributed by atoms with van der Waals surface area (Å²) in [5, 5.41) is 0. The Morgan fingerprint density at radius 3 is 2.26 bits per heavy atom. The van der Waals surface area contributed by atoms with E-state index in [-0.39, 0.29) is 17.9 Å². The summed E-state index contributed by atoms with van der Waals surface area (Å²) in [6.07, 6.45) is 1.98. The highest BCUT2D eigenvalue weighted by molar-refractivity contribution is 5.94. The van der Waals surface area contributed by atoms with Crippen molar-refractivity contribution in [3.63, 3.8) is 0 Å². The maximum absolute atomic E-state index is 12.8. The van der Waals surface area contributed by atoms with Crippen LogP contribution >= 0.6 is 0 Å². The minimum Gasteiger partial charge on any atom is -0.341 e. The zero-order valence-corrected chi connectivity index (χ0v) is 17.2. The van der Waals surface area contributed by atoms with E-state index in [4.69, 9.17) is 0 Å². The Bertz CT molecular complexity index is 673. The van der Waals surface area contributed by atoms with E-state index in [1.165, 1.54) is 0 Å². The smallest absolute Gasteiger partial charge is 0.253 e. The number of benzene rings is 1. The second-order valence-corrected chi connectivity index (χ2v) is 8.52. The van der Waals surface area contributed by atoms with Crippen molar-refractivity contribution in [2.45, 2.75) is 46.6 Å². The standard InChI is InChI=1S/C22H33N3O2/c1-16(2)5-7-24-8-6-20(22(24)27)23-9-11-25(12-10-23)21(26)19-14-17(3)13-18(4)15-19/h13-16,20H,5-12H2,1-4H3. The van der Waals surface area contributed by atoms with Crippen LogP contribution in [0, 0.1) is 19.8 Å². The second-order valence-electron chi connectivity index (χ2n) is 8.52. The molecule has 148 valence electrons. The monoisotopic (exact) mass is 371 g/mol. The average molecular weight is 372 g/mol. The first kappa shape index (κ1) is 19.9. The zero-order chi connectivity index (χ0) is 19.6. The lowest BCUT2D eigenvalue weighted by Crippen LogP contribution is -2.53. The highest BCUT2D eigenvalue weighted by atomic mass is 16.2. The van der Waals surface area contributed by atoms with Crippen molar-refractivity contribution in [2.75, 3.05) is 39.3 Å². The summed E-state index contributed by atoms with van der Waals surface area (Å²) >= 11 is 0. The van der Waals surface area contributed by atoms with Crippen LogP contribution in [0.25, 0.3) is 0 Å². The van der Waals surface area contributed by atoms with Gasteiger partial charge in [-0.05, 0) is 44.7 Å². The summed E-state index contributed by atoms with van der Waals surface area (Å²) in [5.74, 6) is 1.01. The SMILES string of the molecule is Cc1cc(C)cc(C(=O)N2CCN(C3CCN(CCC(C)C)C3=O)CC2)c1. The Labute approximate surface area is 163 Å². The first-order valence-electron chi connectivity index (χ1n) is 10.3. The van der Waals surface area contributed by atoms with Crippen molar-refractivity contribution in [1.82, 2.24) is 14.7 Å². The molecule has 5 nitrogen and oxygen atoms in total. The number of nitrogens with zero attached hydrogens (tertiary/aromatic N) is 3. The molecule has 0 N–H and O–H groups in total. The van der Waals surface area contributed by atoms with Gasteiger partial charge in [0.2, 0.25) is 5.91 Å². The third kappa shape index (κ3) is 4.70. The molecule has 2 amide bonds. The summed E-state index contributed by atoms with van der Waals surface area (Å²) in [6.45, 7) is 13.2. The van der Waals surface area contributed by atoms with E-state index in [0.717, 1.165) is 55.7 Å². The van der Waals surface area contributed by atoms with Crippen molar-refractivity contribution < 1.29 is 9.59 Å². The highest BCUT2D eigenvalue weighted by Crippen LogP contribution is 2.21. The predicted octanol–water partition coefficient (Wildman–Crippen LogP) is 2.71. The van der Waals surface area contributed by atoms with E-state index in [0.29, 0.717) is 19.0 Å². The molecule has 0 aromatic heterocycles. The number of carbonyl (C=O) groups is 2. The maximum Gasteiger partial charge on any atom is 0.253 e. The van der Waals surface area contributed by atoms with Gasteiger partial charge in [-0.25, -0.2) is 0 Å². The second kappa shape index (κ2) is 8.42. The van der Waals surface area contributed by atoms with E-state index in [2.05, 4.69) is 24.8 Å². The molecule has 0 radical (unpaired) electrons. The summed E-state index contributed by atoms with van der Waals surface area (Å²) < 4.78 is 0. The molecule has 2 heterocycles. The Morgan fingerprint density at radius 2 is 1.67 bits per heavy atom. The molecule has 2 aliphatic rings. The van der Waals surface area contributed by atoms with Crippen LogP contribution in [0.1, 0.15) is 48.2 Å². The fraction of sp³-hybridized carbons (Fsp3) is 0.636. The predicted molar refractivity (Wildman–Crippen MR) is 108 cm³/mol. The molecule has 0 saturated carbocycles. The van der Waals surface area contributed by atoms with E-state index in [9.17, 15) is 9.59 Å². The van der Waals surface area contributed by atoms with Crippen LogP contribution in [-0.4, -0.2) is 71.8 Å². The van der Waals surface area contributed by atoms with Crippen molar-refractivity contribution in [3.8, 4) is 0 Å². The third-order valence-electron chi connectivity index (χ3n) is 5.76. The van der Waals surface area contributed by atoms with Gasteiger partial charge in [0.1, 0.15) is 0 Å². The molecule has 1 aromatic rings. The molecule has 0 bridgehead atoms. The first-order valence-corrected chi connectivity index (χ1v) is 10.3. The molecule has 1 unspecified atom stereocenters. The minimum absolute atomic E-state index is 0.00984. The molecular weight excluding hydrogens is 338 g/mol. The van der Waals surface area contributed by atoms with Gasteiger partial charge >= 0.3 is 0 Å². The van der Waals surface area contributed by atoms with E-state index in [1.54, 1.807) is 0 Å². The van der Waals surface area contributed by atoms with Gasteiger partial charge in [-0.3, -0.25) is 14.5 Å². The number of amides is 2. The average Bonchev–Trinajstić information content (AvgIpc) is 2.99. The van der Waals surface area contributed by atoms with E-state index < -0.39 is 0 Å². The Kier molecular flexibility index (Phi) is 6.20. The molecule has 2 aliphatic heterocycles. The number of piperazine rings is 1. The highest BCUT2D eigenvalue weighted by Gasteiger charge is 2.37. The van der Waals surface area contributed by atoms with Crippen LogP contribution in [0.4, 0.5) is 0 Å². The van der Waals surface area contributed by atoms with E-state index in [1.807, 2.05) is 35.8 Å². The molecule has 0 aliphatic carbocycles. The lowest BCUT2D eigenvalue weighted by Gasteiger charge is -2.37. The fourth-order valence-corrected chi connectivity index (χ4v) is 4.21. The summed E-state index contributed by atoms with van der Waals surface area (Å²) in [6, 6.07) is 6.03. The largest absolute Gasteiger partial charge is 0.341 e. The maximum atomic E-state index is 12.8. The summed E-state index contributed by atoms with van der Waals surface area (Å²) in [7, 11) is 0. The van der Waals surface area contributed by atoms with Crippen LogP contribution in [0.5, 0.6) is 0 Å². The number of carbonyl (C=O) groups excluding carboxylic acids is 2. The molecule has 2 fully saturated rings. The Hall–Kier alpha value is -1.88. The minimum atomic E-state index is 0.00984. The summed E-state index contributed by atoms with van der Waals surface area (Å²) in [5.41, 5.74) is 3.02. The molecule has 2 saturated heterocycles. The van der Waals surface area contributed by atoms with Gasteiger partial charge in [-0.1, -0.05) is 31.0 Å². The van der Waals surface area contributed by atoms with Crippen LogP contribution in [0.15, 0.2) is 18.2 Å². The number of aryl methyl sites for hydroxylation is 2. The molecular formula is C22H33N3O2. The third-order valence-corrected chi connectivity index (χ3v) is 5.76. The van der Waals surface area contributed by atoms with Gasteiger partial charge in [0.25, 0.3) is 5.91 Å². The topological polar surface area (TPSA) is 43.9 Å². The van der Waals surface area contributed by atoms with Crippen molar-refractivity contribution in [3.05, 3.63) is 34.9 Å². The van der Waals surface area contributed by atoms with Crippen LogP contribution in [-0.2, 0) is 4.79 Å². The first-order chi connectivity index (χ1) is 12.8. The van der Waals surface area contributed by atoms with Crippen LogP contribution in [0.3, 0.4) is 0 Å². The van der Waals surface area contributed by atoms with Gasteiger partial charge in [-0.2, -0.15) is 0 Å². The number of hydrogen-bond donors (Lipinski definition) is 0. The number of hydrogen-bond acceptors (Lipinski definition) is 3. The Morgan fingerprint density at radius 1 is 1.04 bits per heavy atom. The number of rotatable bonds is 5. The Balaban J connectivity index is 1.54. The van der Waals surface area contributed by atoms with Crippen LogP contribution < -0.4 is 0 Å². The van der Waals surface area contributed by atoms with E-state index >= 15 is 0 Å². The molecule has 5 heteroatoms. The number of likely N-dealkylation sites (tertiary alicyclic amines) is 1. The van der Waals surface area contributed by atoms with Gasteiger partial charge in [0.05, 0.1) is 6.04 Å². The van der Waals surface area contributed by atoms with Crippen molar-refractivity contribution in [1.29, 1.82) is 0 Å². The fourth-order valence-electron chi connectivity index (χ4n) is 4.21. The van der Waals surface area contributed by atoms with Gasteiger partial charge in [0, 0.05) is 44.8 Å². The molecule has 1 aromatic carbocycles. The van der Waals surface area contributed by atoms with Gasteiger partial charge < -0.3 is 9.80 Å². The normalized spacial score (nSPS) is 21.4. The zero-order valence-electron chi connectivity index (χ0n) is 17.2. The quantitative estimate of drug-likeness (QED) is 0.799. The van der Waals surface area contributed by atoms with Gasteiger partial charge in [0.15, 0.2) is 0 Å². The lowest BCUT2D eigenvalue weighted by atomic mass is 10.1. The molecule has 1 atom stereocenters. The van der Waals surface area contributed by atoms with Crippen molar-refractivity contribution >= 4 is 11.8 Å². The summed E-state index contributed by atoms with van der Waals surface area (Å²) in [4.78, 5) is 31.8. The van der Waals surface area contributed by atoms with Crippen LogP contribution in [0.2, 0.25) is 0 Å². The van der Waals surface area contributed by atoms with Crippen molar-refractivity contribution in [2.24, 2.45) is 5.92 Å². The molecule has 27 heavy (non-hydrogen) atoms. The molecule has 3 rings (SSSR count). The van der Waals surface area contributed by atoms with Gasteiger partial charge in [-0.15, -0.1) is 0 Å². The molecule has 0 spiro atoms. The lowest BCUT2D eigenvalue weighted by molar-refractivity contribution is -0.132.